The highest BCUT2D eigenvalue weighted by molar-refractivity contribution is 7.83. The lowest BCUT2D eigenvalue weighted by molar-refractivity contribution is -0.116. The van der Waals surface area contributed by atoms with E-state index in [1.807, 2.05) is 0 Å². The van der Waals surface area contributed by atoms with Crippen LogP contribution in [0.15, 0.2) is 47.5 Å². The number of carbonyl (C=O) groups is 1. The number of pyridine rings is 1. The van der Waals surface area contributed by atoms with Gasteiger partial charge in [-0.3, -0.25) is 15.6 Å². The zero-order valence-electron chi connectivity index (χ0n) is 13.8. The van der Waals surface area contributed by atoms with Crippen molar-refractivity contribution in [3.05, 3.63) is 59.7 Å². The average molecular weight is 381 g/mol. The number of hydrogen-bond acceptors (Lipinski definition) is 7. The number of benzene rings is 1. The number of nitrogens with one attached hydrogen (secondary N) is 2. The van der Waals surface area contributed by atoms with Gasteiger partial charge in [-0.05, 0) is 29.8 Å². The lowest BCUT2D eigenvalue weighted by Crippen LogP contribution is -2.47. The van der Waals surface area contributed by atoms with Crippen LogP contribution in [0.4, 0.5) is 4.39 Å². The number of aromatic nitrogens is 1. The molecule has 0 saturated heterocycles. The van der Waals surface area contributed by atoms with E-state index in [1.165, 1.54) is 17.3 Å². The van der Waals surface area contributed by atoms with Crippen molar-refractivity contribution < 1.29 is 13.4 Å². The van der Waals surface area contributed by atoms with E-state index in [0.717, 1.165) is 6.20 Å². The number of nitrogens with two attached hydrogens (primary N) is 3. The lowest BCUT2D eigenvalue weighted by Gasteiger charge is -2.22. The first-order chi connectivity index (χ1) is 12.3. The van der Waals surface area contributed by atoms with Crippen LogP contribution in [0.25, 0.3) is 0 Å². The molecule has 2 aromatic rings. The van der Waals surface area contributed by atoms with Crippen LogP contribution in [0.1, 0.15) is 17.4 Å². The molecule has 1 aromatic carbocycles. The van der Waals surface area contributed by atoms with Crippen molar-refractivity contribution >= 4 is 16.9 Å². The van der Waals surface area contributed by atoms with Crippen molar-refractivity contribution in [1.82, 2.24) is 20.2 Å². The third kappa shape index (κ3) is 6.22. The van der Waals surface area contributed by atoms with Crippen LogP contribution in [-0.2, 0) is 22.3 Å². The van der Waals surface area contributed by atoms with E-state index in [0.29, 0.717) is 16.2 Å². The van der Waals surface area contributed by atoms with Gasteiger partial charge in [-0.2, -0.15) is 5.12 Å². The van der Waals surface area contributed by atoms with Gasteiger partial charge in [0.25, 0.3) is 0 Å². The van der Waals surface area contributed by atoms with Crippen LogP contribution in [0, 0.1) is 5.82 Å². The highest BCUT2D eigenvalue weighted by Gasteiger charge is 2.11. The average Bonchev–Trinajstić information content (AvgIpc) is 2.61. The number of rotatable bonds is 9. The molecular formula is C15H20FN7O2S. The molecule has 0 aliphatic rings. The van der Waals surface area contributed by atoms with Crippen LogP contribution in [-0.4, -0.2) is 26.8 Å². The Labute approximate surface area is 152 Å². The maximum atomic E-state index is 12.8. The molecule has 2 unspecified atom stereocenters. The van der Waals surface area contributed by atoms with E-state index in [-0.39, 0.29) is 13.1 Å². The van der Waals surface area contributed by atoms with Crippen molar-refractivity contribution in [3.63, 3.8) is 0 Å². The largest absolute Gasteiger partial charge is 0.369 e. The Morgan fingerprint density at radius 2 is 1.96 bits per heavy atom. The van der Waals surface area contributed by atoms with Crippen molar-refractivity contribution in [2.75, 3.05) is 6.54 Å². The quantitative estimate of drug-likeness (QED) is 0.216. The summed E-state index contributed by atoms with van der Waals surface area (Å²) in [6.45, 7) is 0.0299. The van der Waals surface area contributed by atoms with Gasteiger partial charge in [0.2, 0.25) is 5.91 Å². The lowest BCUT2D eigenvalue weighted by atomic mass is 10.2. The second-order valence-corrected chi connectivity index (χ2v) is 6.63. The molecule has 1 amide bonds. The number of halogens is 1. The fraction of sp³-hybridized carbons (Fsp3) is 0.200. The minimum atomic E-state index is -1.55. The van der Waals surface area contributed by atoms with E-state index in [1.54, 1.807) is 24.3 Å². The molecule has 9 nitrogen and oxygen atoms in total. The molecule has 0 bridgehead atoms. The summed E-state index contributed by atoms with van der Waals surface area (Å²) < 4.78 is 27.3. The third-order valence-electron chi connectivity index (χ3n) is 3.26. The summed E-state index contributed by atoms with van der Waals surface area (Å²) in [5.41, 5.74) is 15.1. The molecule has 0 radical (unpaired) electrons. The summed E-state index contributed by atoms with van der Waals surface area (Å²) in [6, 6.07) is 9.40. The Morgan fingerprint density at radius 1 is 1.27 bits per heavy atom. The monoisotopic (exact) mass is 381 g/mol. The number of hydrazine groups is 2. The van der Waals surface area contributed by atoms with Crippen molar-refractivity contribution in [3.8, 4) is 0 Å². The SMILES string of the molecule is NC(=O)CNS(=O)c1ccc(C(N)NN(N)Cc2ccc(F)cn2)cc1. The standard InChI is InChI=1S/C15H20FN7O2S/c16-11-3-4-12(20-7-11)9-23(19)22-15(18)10-1-5-13(6-2-10)26(25)21-8-14(17)24/h1-7,15,21-22H,8-9,18-19H2,(H2,17,24). The van der Waals surface area contributed by atoms with Gasteiger partial charge in [-0.15, -0.1) is 0 Å². The van der Waals surface area contributed by atoms with E-state index in [4.69, 9.17) is 17.3 Å². The van der Waals surface area contributed by atoms with Crippen molar-refractivity contribution in [2.45, 2.75) is 17.6 Å². The normalized spacial score (nSPS) is 13.5. The fourth-order valence-corrected chi connectivity index (χ4v) is 2.82. The van der Waals surface area contributed by atoms with Crippen molar-refractivity contribution in [2.24, 2.45) is 17.3 Å². The highest BCUT2D eigenvalue weighted by atomic mass is 32.2. The van der Waals surface area contributed by atoms with Crippen LogP contribution >= 0.6 is 0 Å². The summed E-state index contributed by atoms with van der Waals surface area (Å²) in [7, 11) is -1.55. The first kappa shape index (κ1) is 20.0. The van der Waals surface area contributed by atoms with Crippen LogP contribution in [0.3, 0.4) is 0 Å². The summed E-state index contributed by atoms with van der Waals surface area (Å²) in [5, 5.41) is 1.24. The summed E-state index contributed by atoms with van der Waals surface area (Å²) in [5.74, 6) is 4.81. The molecule has 140 valence electrons. The van der Waals surface area contributed by atoms with Crippen LogP contribution in [0.2, 0.25) is 0 Å². The predicted octanol–water partition coefficient (Wildman–Crippen LogP) is -0.844. The molecule has 0 aliphatic carbocycles. The molecule has 0 saturated carbocycles. The van der Waals surface area contributed by atoms with Gasteiger partial charge in [-0.25, -0.2) is 18.7 Å². The first-order valence-corrected chi connectivity index (χ1v) is 8.68. The molecule has 0 fully saturated rings. The van der Waals surface area contributed by atoms with Gasteiger partial charge in [0.15, 0.2) is 0 Å². The predicted molar refractivity (Wildman–Crippen MR) is 94.0 cm³/mol. The Kier molecular flexibility index (Phi) is 7.26. The molecule has 11 heteroatoms. The van der Waals surface area contributed by atoms with Gasteiger partial charge in [0.1, 0.15) is 16.8 Å². The molecule has 1 aromatic heterocycles. The summed E-state index contributed by atoms with van der Waals surface area (Å²) in [6.07, 6.45) is 0.482. The van der Waals surface area contributed by atoms with Crippen LogP contribution < -0.4 is 27.5 Å². The summed E-state index contributed by atoms with van der Waals surface area (Å²) >= 11 is 0. The minimum Gasteiger partial charge on any atom is -0.369 e. The maximum absolute atomic E-state index is 12.8. The molecular weight excluding hydrogens is 361 g/mol. The van der Waals surface area contributed by atoms with Crippen molar-refractivity contribution in [1.29, 1.82) is 0 Å². The second kappa shape index (κ2) is 9.43. The van der Waals surface area contributed by atoms with E-state index in [9.17, 15) is 13.4 Å². The Balaban J connectivity index is 1.90. The number of nitrogens with zero attached hydrogens (tertiary/aromatic N) is 2. The smallest absolute Gasteiger partial charge is 0.232 e. The third-order valence-corrected chi connectivity index (χ3v) is 4.36. The second-order valence-electron chi connectivity index (χ2n) is 5.33. The van der Waals surface area contributed by atoms with E-state index < -0.39 is 28.9 Å². The number of primary amides is 1. The van der Waals surface area contributed by atoms with Gasteiger partial charge in [0, 0.05) is 0 Å². The Morgan fingerprint density at radius 3 is 2.54 bits per heavy atom. The van der Waals surface area contributed by atoms with Gasteiger partial charge in [-0.1, -0.05) is 12.1 Å². The van der Waals surface area contributed by atoms with Gasteiger partial charge < -0.3 is 11.5 Å². The Bertz CT molecular complexity index is 758. The maximum Gasteiger partial charge on any atom is 0.232 e. The Hall–Kier alpha value is -2.28. The summed E-state index contributed by atoms with van der Waals surface area (Å²) in [4.78, 5) is 15.1. The number of carbonyl (C=O) groups excluding carboxylic acids is 1. The highest BCUT2D eigenvalue weighted by Crippen LogP contribution is 2.12. The molecule has 0 aliphatic heterocycles. The number of amides is 1. The van der Waals surface area contributed by atoms with Crippen LogP contribution in [0.5, 0.6) is 0 Å². The molecule has 2 rings (SSSR count). The molecule has 2 atom stereocenters. The molecule has 8 N–H and O–H groups in total. The fourth-order valence-electron chi connectivity index (χ4n) is 1.99. The number of hydrogen-bond donors (Lipinski definition) is 5. The van der Waals surface area contributed by atoms with E-state index in [2.05, 4.69) is 15.1 Å². The zero-order chi connectivity index (χ0) is 19.1. The topological polar surface area (TPSA) is 152 Å². The molecule has 1 heterocycles. The van der Waals surface area contributed by atoms with Gasteiger partial charge >= 0.3 is 0 Å². The zero-order valence-corrected chi connectivity index (χ0v) is 14.6. The minimum absolute atomic E-state index is 0.186. The van der Waals surface area contributed by atoms with E-state index >= 15 is 0 Å². The molecule has 26 heavy (non-hydrogen) atoms. The first-order valence-electron chi connectivity index (χ1n) is 7.53. The molecule has 0 spiro atoms. The van der Waals surface area contributed by atoms with Gasteiger partial charge in [0.05, 0.1) is 36.0 Å².